The predicted molar refractivity (Wildman–Crippen MR) is 170 cm³/mol. The third-order valence-corrected chi connectivity index (χ3v) is 13.1. The minimum atomic E-state index is -0.0569. The van der Waals surface area contributed by atoms with Gasteiger partial charge in [0, 0.05) is 12.0 Å². The van der Waals surface area contributed by atoms with Crippen LogP contribution in [0.3, 0.4) is 0 Å². The highest BCUT2D eigenvalue weighted by molar-refractivity contribution is 5.75. The molecule has 1 aromatic rings. The van der Waals surface area contributed by atoms with Gasteiger partial charge in [-0.15, -0.1) is 0 Å². The Balaban J connectivity index is 0.00000405. The Morgan fingerprint density at radius 1 is 1.05 bits per heavy atom. The molecule has 4 saturated carbocycles. The number of fused-ring (bicyclic) bond motifs is 5. The van der Waals surface area contributed by atoms with Crippen molar-refractivity contribution in [3.63, 3.8) is 0 Å². The van der Waals surface area contributed by atoms with Crippen LogP contribution in [-0.4, -0.2) is 48.8 Å². The second kappa shape index (κ2) is 13.3. The number of aliphatic hydroxyl groups excluding tert-OH is 1. The number of quaternary nitrogens is 1. The van der Waals surface area contributed by atoms with Crippen molar-refractivity contribution in [1.29, 1.82) is 0 Å². The molecule has 0 bridgehead atoms. The molecule has 0 aliphatic heterocycles. The Labute approximate surface area is 263 Å². The number of hydrogen-bond donors (Lipinski definition) is 2. The topological polar surface area (TPSA) is 49.3 Å². The summed E-state index contributed by atoms with van der Waals surface area (Å²) in [6, 6.07) is 8.61. The van der Waals surface area contributed by atoms with Crippen molar-refractivity contribution in [2.75, 3.05) is 27.2 Å². The van der Waals surface area contributed by atoms with Gasteiger partial charge in [-0.2, -0.15) is 0 Å². The summed E-state index contributed by atoms with van der Waals surface area (Å²) in [5.41, 5.74) is 3.37. The molecule has 9 atom stereocenters. The molecule has 1 amide bonds. The molecule has 0 spiro atoms. The van der Waals surface area contributed by atoms with Crippen LogP contribution >= 0.6 is 0 Å². The molecule has 4 nitrogen and oxygen atoms in total. The lowest BCUT2D eigenvalue weighted by molar-refractivity contribution is -0.902. The smallest absolute Gasteiger partial charge is 0.220 e. The van der Waals surface area contributed by atoms with Crippen molar-refractivity contribution in [1.82, 2.24) is 5.32 Å². The minimum Gasteiger partial charge on any atom is -1.00 e. The fourth-order valence-corrected chi connectivity index (χ4v) is 10.7. The number of carbonyl (C=O) groups is 1. The summed E-state index contributed by atoms with van der Waals surface area (Å²) < 4.78 is 0.856. The zero-order valence-corrected chi connectivity index (χ0v) is 28.0. The van der Waals surface area contributed by atoms with Gasteiger partial charge in [-0.25, -0.2) is 0 Å². The number of nitrogens with one attached hydrogen (secondary N) is 1. The maximum absolute atomic E-state index is 12.9. The fourth-order valence-electron chi connectivity index (χ4n) is 10.7. The summed E-state index contributed by atoms with van der Waals surface area (Å²) in [6.45, 7) is 14.1. The number of benzene rings is 1. The Morgan fingerprint density at radius 3 is 2.45 bits per heavy atom. The fraction of sp³-hybridized carbons (Fsp3) is 0.757. The summed E-state index contributed by atoms with van der Waals surface area (Å²) in [5, 5.41) is 13.6. The monoisotopic (exact) mass is 598 g/mol. The molecule has 4 aliphatic carbocycles. The first kappa shape index (κ1) is 33.5. The lowest BCUT2D eigenvalue weighted by Gasteiger charge is -2.61. The van der Waals surface area contributed by atoms with Gasteiger partial charge in [0.15, 0.2) is 0 Å². The summed E-state index contributed by atoms with van der Waals surface area (Å²) in [4.78, 5) is 12.9. The number of nitrogens with zero attached hydrogens (tertiary/aromatic N) is 1. The van der Waals surface area contributed by atoms with Crippen molar-refractivity contribution in [2.24, 2.45) is 46.3 Å². The van der Waals surface area contributed by atoms with Gasteiger partial charge in [-0.05, 0) is 116 Å². The van der Waals surface area contributed by atoms with Gasteiger partial charge in [0.2, 0.25) is 5.91 Å². The third kappa shape index (κ3) is 6.81. The van der Waals surface area contributed by atoms with Crippen molar-refractivity contribution >= 4 is 12.0 Å². The number of aliphatic hydroxyl groups is 1. The lowest BCUT2D eigenvalue weighted by atomic mass is 9.44. The number of rotatable bonds is 10. The molecule has 0 radical (unpaired) electrons. The number of halogens is 1. The Morgan fingerprint density at radius 2 is 1.74 bits per heavy atom. The van der Waals surface area contributed by atoms with Crippen LogP contribution in [-0.2, 0) is 11.3 Å². The molecular weight excluding hydrogens is 540 g/mol. The van der Waals surface area contributed by atoms with Crippen LogP contribution in [0.5, 0.6) is 0 Å². The predicted octanol–water partition coefficient (Wildman–Crippen LogP) is 4.46. The average molecular weight is 599 g/mol. The molecule has 0 aromatic heterocycles. The molecule has 236 valence electrons. The van der Waals surface area contributed by atoms with E-state index in [1.807, 2.05) is 6.08 Å². The Hall–Kier alpha value is -1.36. The Bertz CT molecular complexity index is 1070. The highest BCUT2D eigenvalue weighted by Gasteiger charge is 2.60. The first-order chi connectivity index (χ1) is 19.4. The normalized spacial score (nSPS) is 36.5. The molecule has 0 heterocycles. The van der Waals surface area contributed by atoms with E-state index in [2.05, 4.69) is 71.0 Å². The van der Waals surface area contributed by atoms with E-state index in [-0.39, 0.29) is 24.4 Å². The first-order valence-corrected chi connectivity index (χ1v) is 16.9. The van der Waals surface area contributed by atoms with Crippen LogP contribution in [0, 0.1) is 46.3 Å². The van der Waals surface area contributed by atoms with E-state index in [0.29, 0.717) is 23.2 Å². The first-order valence-electron chi connectivity index (χ1n) is 16.9. The second-order valence-corrected chi connectivity index (χ2v) is 15.9. The molecule has 42 heavy (non-hydrogen) atoms. The summed E-state index contributed by atoms with van der Waals surface area (Å²) in [5.74, 6) is 4.92. The summed E-state index contributed by atoms with van der Waals surface area (Å²) in [7, 11) is 4.48. The van der Waals surface area contributed by atoms with Crippen LogP contribution < -0.4 is 17.7 Å². The molecular formula is C37H59ClN2O2. The third-order valence-electron chi connectivity index (χ3n) is 13.1. The number of hydrogen-bond acceptors (Lipinski definition) is 2. The van der Waals surface area contributed by atoms with Gasteiger partial charge < -0.3 is 27.3 Å². The molecule has 2 N–H and O–H groups in total. The van der Waals surface area contributed by atoms with Gasteiger partial charge in [0.05, 0.1) is 33.3 Å². The Kier molecular flexibility index (Phi) is 10.6. The molecule has 4 aliphatic rings. The van der Waals surface area contributed by atoms with E-state index in [1.165, 1.54) is 50.5 Å². The van der Waals surface area contributed by atoms with Crippen LogP contribution in [0.2, 0.25) is 0 Å². The highest BCUT2D eigenvalue weighted by atomic mass is 35.5. The maximum atomic E-state index is 12.9. The van der Waals surface area contributed by atoms with E-state index in [0.717, 1.165) is 78.5 Å². The molecule has 5 rings (SSSR count). The largest absolute Gasteiger partial charge is 1.00 e. The van der Waals surface area contributed by atoms with E-state index in [9.17, 15) is 9.90 Å². The number of carbonyl (C=O) groups excluding carboxylic acids is 1. The zero-order valence-electron chi connectivity index (χ0n) is 27.2. The van der Waals surface area contributed by atoms with E-state index < -0.39 is 0 Å². The standard InChI is InChI=1S/C37H58N2O2.ClH/c1-7-27-9-11-28(12-10-27)25-39(5,6)23-22-38-35(41)17-8-26(2)32-15-16-33-31-14-13-29-24-30(40)18-20-36(29,3)34(31)19-21-37(32,33)4;/h7,9-12,26,29-34,40H,1,8,13-25H2,2-6H3;1H/t26-,29?,30-,31?,32-,33?,34?,36+,37-;/m1./s1. The SMILES string of the molecule is C=Cc1ccc(C[N+](C)(C)CCNC(=O)CC[C@@H](C)[C@H]2CCC3C4CCC5C[C@H](O)CC[C@]5(C)C4CC[C@@]32C)cc1.[Cl-]. The van der Waals surface area contributed by atoms with Crippen LogP contribution in [0.1, 0.15) is 103 Å². The zero-order chi connectivity index (χ0) is 29.4. The van der Waals surface area contributed by atoms with Gasteiger partial charge in [0.1, 0.15) is 6.54 Å². The molecule has 4 fully saturated rings. The minimum absolute atomic E-state index is 0. The molecule has 4 unspecified atom stereocenters. The maximum Gasteiger partial charge on any atom is 0.220 e. The van der Waals surface area contributed by atoms with Crippen molar-refractivity contribution in [3.05, 3.63) is 42.0 Å². The van der Waals surface area contributed by atoms with Gasteiger partial charge in [-0.1, -0.05) is 57.7 Å². The molecule has 0 saturated heterocycles. The van der Waals surface area contributed by atoms with Crippen molar-refractivity contribution in [3.8, 4) is 0 Å². The highest BCUT2D eigenvalue weighted by Crippen LogP contribution is 2.68. The second-order valence-electron chi connectivity index (χ2n) is 15.9. The van der Waals surface area contributed by atoms with Crippen molar-refractivity contribution < 1.29 is 26.8 Å². The van der Waals surface area contributed by atoms with Crippen molar-refractivity contribution in [2.45, 2.75) is 104 Å². The van der Waals surface area contributed by atoms with Crippen LogP contribution in [0.4, 0.5) is 0 Å². The number of likely N-dealkylation sites (N-methyl/N-ethyl adjacent to an activating group) is 1. The van der Waals surface area contributed by atoms with E-state index >= 15 is 0 Å². The molecule has 5 heteroatoms. The van der Waals surface area contributed by atoms with Gasteiger partial charge in [0.25, 0.3) is 0 Å². The van der Waals surface area contributed by atoms with E-state index in [1.54, 1.807) is 0 Å². The van der Waals surface area contributed by atoms with Crippen LogP contribution in [0.25, 0.3) is 6.08 Å². The quantitative estimate of drug-likeness (QED) is 0.391. The number of amides is 1. The summed E-state index contributed by atoms with van der Waals surface area (Å²) in [6.07, 6.45) is 15.0. The summed E-state index contributed by atoms with van der Waals surface area (Å²) >= 11 is 0. The van der Waals surface area contributed by atoms with Gasteiger partial charge in [-0.3, -0.25) is 4.79 Å². The van der Waals surface area contributed by atoms with Gasteiger partial charge >= 0.3 is 0 Å². The average Bonchev–Trinajstić information content (AvgIpc) is 3.29. The van der Waals surface area contributed by atoms with E-state index in [4.69, 9.17) is 0 Å². The van der Waals surface area contributed by atoms with Crippen LogP contribution in [0.15, 0.2) is 30.8 Å². The molecule has 1 aromatic carbocycles. The lowest BCUT2D eigenvalue weighted by Crippen LogP contribution is -3.00.